The molecule has 2 heterocycles. The van der Waals surface area contributed by atoms with Crippen LogP contribution in [0.4, 0.5) is 10.1 Å². The van der Waals surface area contributed by atoms with E-state index < -0.39 is 5.82 Å². The molecule has 5 rings (SSSR count). The molecule has 30 heavy (non-hydrogen) atoms. The van der Waals surface area contributed by atoms with E-state index in [1.54, 1.807) is 6.07 Å². The van der Waals surface area contributed by atoms with Crippen LogP contribution in [0.1, 0.15) is 0 Å². The number of nitrogens with one attached hydrogen (secondary N) is 1. The molecule has 1 amide bonds. The van der Waals surface area contributed by atoms with E-state index in [0.717, 1.165) is 27.6 Å². The van der Waals surface area contributed by atoms with Gasteiger partial charge in [0.2, 0.25) is 5.91 Å². The molecule has 0 spiro atoms. The Bertz CT molecular complexity index is 1440. The molecular weight excluding hydrogens is 467 g/mol. The summed E-state index contributed by atoms with van der Waals surface area (Å²) in [6.07, 6.45) is 0. The first-order valence-electron chi connectivity index (χ1n) is 9.14. The number of hydrogen-bond acceptors (Lipinski definition) is 4. The number of amides is 1. The molecule has 0 aliphatic carbocycles. The Balaban J connectivity index is 1.51. The molecule has 2 aromatic heterocycles. The number of halogens is 2. The second-order valence-electron chi connectivity index (χ2n) is 6.63. The fourth-order valence-corrected chi connectivity index (χ4v) is 4.46. The second-order valence-corrected chi connectivity index (χ2v) is 8.49. The molecular formula is C22H14BrFN4OS. The van der Waals surface area contributed by atoms with E-state index >= 15 is 0 Å². The summed E-state index contributed by atoms with van der Waals surface area (Å²) in [5, 5.41) is 4.22. The molecule has 0 saturated heterocycles. The Hall–Kier alpha value is -2.97. The van der Waals surface area contributed by atoms with Crippen LogP contribution in [0.15, 0.2) is 76.4 Å². The molecule has 0 fully saturated rings. The lowest BCUT2D eigenvalue weighted by molar-refractivity contribution is -0.113. The normalized spacial score (nSPS) is 11.4. The van der Waals surface area contributed by atoms with Gasteiger partial charge in [-0.25, -0.2) is 14.4 Å². The number of anilines is 1. The number of para-hydroxylation sites is 3. The van der Waals surface area contributed by atoms with Crippen LogP contribution >= 0.6 is 27.7 Å². The molecule has 0 radical (unpaired) electrons. The fraction of sp³-hybridized carbons (Fsp3) is 0.0455. The first-order valence-corrected chi connectivity index (χ1v) is 10.9. The van der Waals surface area contributed by atoms with Crippen molar-refractivity contribution in [2.75, 3.05) is 11.1 Å². The molecule has 0 bridgehead atoms. The quantitative estimate of drug-likeness (QED) is 0.266. The summed E-state index contributed by atoms with van der Waals surface area (Å²) in [6.45, 7) is 0. The fourth-order valence-electron chi connectivity index (χ4n) is 3.32. The van der Waals surface area contributed by atoms with Crippen LogP contribution in [0.25, 0.3) is 27.6 Å². The molecule has 0 unspecified atom stereocenters. The molecule has 0 aliphatic heterocycles. The Kier molecular flexibility index (Phi) is 4.88. The minimum Gasteiger partial charge on any atom is -0.323 e. The molecule has 148 valence electrons. The van der Waals surface area contributed by atoms with Gasteiger partial charge >= 0.3 is 0 Å². The largest absolute Gasteiger partial charge is 0.323 e. The standard InChI is InChI=1S/C22H14BrFN4OS/c23-13-9-10-17(15(24)11-13)25-20(29)12-30-22-27-16-6-2-1-5-14(16)21-26-18-7-3-4-8-19(18)28(21)22/h1-11H,12H2,(H,25,29). The number of benzene rings is 3. The van der Waals surface area contributed by atoms with Crippen molar-refractivity contribution >= 4 is 66.9 Å². The van der Waals surface area contributed by atoms with E-state index in [0.29, 0.717) is 9.63 Å². The van der Waals surface area contributed by atoms with E-state index in [1.807, 2.05) is 52.9 Å². The highest BCUT2D eigenvalue weighted by Gasteiger charge is 2.15. The van der Waals surface area contributed by atoms with E-state index in [9.17, 15) is 9.18 Å². The zero-order chi connectivity index (χ0) is 20.7. The van der Waals surface area contributed by atoms with Crippen LogP contribution < -0.4 is 5.32 Å². The van der Waals surface area contributed by atoms with Gasteiger partial charge in [-0.1, -0.05) is 52.0 Å². The van der Waals surface area contributed by atoms with Gasteiger partial charge in [0.25, 0.3) is 0 Å². The van der Waals surface area contributed by atoms with Crippen molar-refractivity contribution in [3.8, 4) is 0 Å². The second kappa shape index (κ2) is 7.70. The summed E-state index contributed by atoms with van der Waals surface area (Å²) in [6, 6.07) is 20.1. The van der Waals surface area contributed by atoms with E-state index in [-0.39, 0.29) is 17.3 Å². The SMILES string of the molecule is O=C(CSc1nc2ccccc2c2nc3ccccc3n12)Nc1ccc(Br)cc1F. The maximum absolute atomic E-state index is 14.0. The number of thioether (sulfide) groups is 1. The van der Waals surface area contributed by atoms with Crippen molar-refractivity contribution in [2.24, 2.45) is 0 Å². The van der Waals surface area contributed by atoms with Crippen LogP contribution in [0.5, 0.6) is 0 Å². The molecule has 0 saturated carbocycles. The summed E-state index contributed by atoms with van der Waals surface area (Å²) in [4.78, 5) is 22.0. The number of imidazole rings is 1. The maximum atomic E-state index is 14.0. The van der Waals surface area contributed by atoms with Gasteiger partial charge in [-0.05, 0) is 42.5 Å². The Morgan fingerprint density at radius 2 is 1.80 bits per heavy atom. The lowest BCUT2D eigenvalue weighted by Gasteiger charge is -2.09. The van der Waals surface area contributed by atoms with Crippen LogP contribution in [-0.4, -0.2) is 26.0 Å². The van der Waals surface area contributed by atoms with Gasteiger partial charge in [-0.2, -0.15) is 0 Å². The lowest BCUT2D eigenvalue weighted by Crippen LogP contribution is -2.15. The summed E-state index contributed by atoms with van der Waals surface area (Å²) in [5.41, 5.74) is 3.53. The van der Waals surface area contributed by atoms with Gasteiger partial charge in [0.15, 0.2) is 5.16 Å². The Labute approximate surface area is 183 Å². The number of carbonyl (C=O) groups is 1. The summed E-state index contributed by atoms with van der Waals surface area (Å²) in [7, 11) is 0. The average molecular weight is 481 g/mol. The zero-order valence-electron chi connectivity index (χ0n) is 15.5. The van der Waals surface area contributed by atoms with E-state index in [2.05, 4.69) is 21.2 Å². The Morgan fingerprint density at radius 1 is 1.03 bits per heavy atom. The van der Waals surface area contributed by atoms with Crippen molar-refractivity contribution in [1.29, 1.82) is 0 Å². The van der Waals surface area contributed by atoms with Crippen LogP contribution in [0.3, 0.4) is 0 Å². The number of aromatic nitrogens is 3. The van der Waals surface area contributed by atoms with Gasteiger partial charge in [0.1, 0.15) is 11.5 Å². The minimum atomic E-state index is -0.491. The Morgan fingerprint density at radius 3 is 2.63 bits per heavy atom. The predicted molar refractivity (Wildman–Crippen MR) is 121 cm³/mol. The van der Waals surface area contributed by atoms with Crippen molar-refractivity contribution in [3.63, 3.8) is 0 Å². The van der Waals surface area contributed by atoms with Crippen molar-refractivity contribution in [2.45, 2.75) is 5.16 Å². The van der Waals surface area contributed by atoms with Crippen molar-refractivity contribution < 1.29 is 9.18 Å². The highest BCUT2D eigenvalue weighted by atomic mass is 79.9. The highest BCUT2D eigenvalue weighted by Crippen LogP contribution is 2.29. The monoisotopic (exact) mass is 480 g/mol. The summed E-state index contributed by atoms with van der Waals surface area (Å²) in [5.74, 6) is -0.717. The predicted octanol–water partition coefficient (Wildman–Crippen LogP) is 5.67. The van der Waals surface area contributed by atoms with Gasteiger partial charge < -0.3 is 5.32 Å². The van der Waals surface area contributed by atoms with E-state index in [1.165, 1.54) is 23.9 Å². The number of carbonyl (C=O) groups excluding carboxylic acids is 1. The third-order valence-corrected chi connectivity index (χ3v) is 6.08. The molecule has 8 heteroatoms. The average Bonchev–Trinajstić information content (AvgIpc) is 3.14. The maximum Gasteiger partial charge on any atom is 0.234 e. The topological polar surface area (TPSA) is 59.3 Å². The summed E-state index contributed by atoms with van der Waals surface area (Å²) >= 11 is 4.50. The number of hydrogen-bond donors (Lipinski definition) is 1. The first kappa shape index (κ1) is 19.0. The van der Waals surface area contributed by atoms with Crippen LogP contribution in [-0.2, 0) is 4.79 Å². The third kappa shape index (κ3) is 3.42. The molecule has 0 aliphatic rings. The third-order valence-electron chi connectivity index (χ3n) is 4.65. The van der Waals surface area contributed by atoms with Gasteiger partial charge in [0.05, 0.1) is 28.0 Å². The molecule has 1 N–H and O–H groups in total. The van der Waals surface area contributed by atoms with Crippen LogP contribution in [0, 0.1) is 5.82 Å². The molecule has 3 aromatic carbocycles. The zero-order valence-corrected chi connectivity index (χ0v) is 17.9. The van der Waals surface area contributed by atoms with Crippen LogP contribution in [0.2, 0.25) is 0 Å². The molecule has 5 nitrogen and oxygen atoms in total. The number of fused-ring (bicyclic) bond motifs is 5. The molecule has 5 aromatic rings. The number of nitrogens with zero attached hydrogens (tertiary/aromatic N) is 3. The highest BCUT2D eigenvalue weighted by molar-refractivity contribution is 9.10. The number of rotatable bonds is 4. The van der Waals surface area contributed by atoms with E-state index in [4.69, 9.17) is 9.97 Å². The summed E-state index contributed by atoms with van der Waals surface area (Å²) < 4.78 is 16.6. The van der Waals surface area contributed by atoms with Gasteiger partial charge in [-0.3, -0.25) is 9.20 Å². The van der Waals surface area contributed by atoms with Gasteiger partial charge in [-0.15, -0.1) is 0 Å². The minimum absolute atomic E-state index is 0.0858. The smallest absolute Gasteiger partial charge is 0.234 e. The molecule has 0 atom stereocenters. The first-order chi connectivity index (χ1) is 14.6. The van der Waals surface area contributed by atoms with Gasteiger partial charge in [0, 0.05) is 9.86 Å². The van der Waals surface area contributed by atoms with Crippen molar-refractivity contribution in [3.05, 3.63) is 77.0 Å². The lowest BCUT2D eigenvalue weighted by atomic mass is 10.2. The van der Waals surface area contributed by atoms with Crippen molar-refractivity contribution in [1.82, 2.24) is 14.4 Å².